The van der Waals surface area contributed by atoms with Gasteiger partial charge in [-0.25, -0.2) is 4.79 Å². The van der Waals surface area contributed by atoms with Crippen molar-refractivity contribution in [2.45, 2.75) is 98.8 Å². The van der Waals surface area contributed by atoms with Gasteiger partial charge in [0.1, 0.15) is 6.04 Å². The maximum Gasteiger partial charge on any atom is 0.333 e. The second-order valence-electron chi connectivity index (χ2n) is 9.83. The molecule has 32 heavy (non-hydrogen) atoms. The maximum atomic E-state index is 13.5. The van der Waals surface area contributed by atoms with Gasteiger partial charge in [-0.3, -0.25) is 14.5 Å². The molecular formula is C25H45N3O4. The number of nitrogens with one attached hydrogen (secondary N) is 1. The van der Waals surface area contributed by atoms with Crippen molar-refractivity contribution >= 4 is 17.8 Å². The first-order chi connectivity index (χ1) is 14.9. The average Bonchev–Trinajstić information content (AvgIpc) is 2.74. The van der Waals surface area contributed by atoms with E-state index in [1.54, 1.807) is 31.9 Å². The molecule has 0 radical (unpaired) electrons. The third kappa shape index (κ3) is 7.61. The number of nitrogens with zero attached hydrogens (tertiary/aromatic N) is 2. The third-order valence-electron chi connectivity index (χ3n) is 6.24. The molecule has 1 N–H and O–H groups in total. The summed E-state index contributed by atoms with van der Waals surface area (Å²) < 4.78 is 5.09. The standard InChI is InChI=1S/C25H45N3O4/c1-10-32-25(31)19(8)15-21(16(2)3)27(9)24(30)22(17(4)5)26-23(29)20-13-11-12-14-28(20)18(6)7/h15-18,20-22H,10-14H2,1-9H3,(H,26,29)/b19-15+/t20-,21-,22+/m1/s1. The zero-order chi connectivity index (χ0) is 24.6. The lowest BCUT2D eigenvalue weighted by Crippen LogP contribution is -2.58. The summed E-state index contributed by atoms with van der Waals surface area (Å²) in [5.74, 6) is -0.566. The lowest BCUT2D eigenvalue weighted by atomic mass is 9.95. The molecule has 2 amide bonds. The number of piperidine rings is 1. The van der Waals surface area contributed by atoms with Crippen molar-refractivity contribution in [3.8, 4) is 0 Å². The average molecular weight is 452 g/mol. The van der Waals surface area contributed by atoms with E-state index in [9.17, 15) is 14.4 Å². The highest BCUT2D eigenvalue weighted by atomic mass is 16.5. The molecule has 0 spiro atoms. The van der Waals surface area contributed by atoms with Crippen LogP contribution in [0.4, 0.5) is 0 Å². The van der Waals surface area contributed by atoms with Crippen LogP contribution in [0, 0.1) is 11.8 Å². The van der Waals surface area contributed by atoms with E-state index in [1.165, 1.54) is 0 Å². The number of likely N-dealkylation sites (tertiary alicyclic amines) is 1. The van der Waals surface area contributed by atoms with Crippen molar-refractivity contribution in [3.63, 3.8) is 0 Å². The molecule has 0 aromatic rings. The molecule has 3 atom stereocenters. The summed E-state index contributed by atoms with van der Waals surface area (Å²) in [5.41, 5.74) is 0.477. The molecule has 0 aliphatic carbocycles. The summed E-state index contributed by atoms with van der Waals surface area (Å²) in [6, 6.07) is -0.828. The molecule has 1 aliphatic heterocycles. The molecule has 0 aromatic heterocycles. The van der Waals surface area contributed by atoms with E-state index in [0.717, 1.165) is 25.8 Å². The predicted octanol–water partition coefficient (Wildman–Crippen LogP) is 3.38. The van der Waals surface area contributed by atoms with Crippen LogP contribution in [0.1, 0.15) is 74.7 Å². The number of esters is 1. The molecule has 1 saturated heterocycles. The summed E-state index contributed by atoms with van der Waals surface area (Å²) in [4.78, 5) is 42.7. The monoisotopic (exact) mass is 451 g/mol. The van der Waals surface area contributed by atoms with E-state index in [4.69, 9.17) is 4.74 Å². The Kier molecular flexibility index (Phi) is 11.4. The van der Waals surface area contributed by atoms with E-state index >= 15 is 0 Å². The van der Waals surface area contributed by atoms with Crippen LogP contribution in [0.5, 0.6) is 0 Å². The Morgan fingerprint density at radius 2 is 1.72 bits per heavy atom. The van der Waals surface area contributed by atoms with Gasteiger partial charge in [0, 0.05) is 18.7 Å². The van der Waals surface area contributed by atoms with E-state index in [2.05, 4.69) is 24.1 Å². The van der Waals surface area contributed by atoms with Gasteiger partial charge in [-0.05, 0) is 58.9 Å². The normalized spacial score (nSPS) is 19.8. The molecule has 0 bridgehead atoms. The summed E-state index contributed by atoms with van der Waals surface area (Å²) in [6.07, 6.45) is 4.73. The van der Waals surface area contributed by atoms with E-state index in [1.807, 2.05) is 27.7 Å². The highest BCUT2D eigenvalue weighted by molar-refractivity contribution is 5.91. The summed E-state index contributed by atoms with van der Waals surface area (Å²) >= 11 is 0. The molecule has 0 unspecified atom stereocenters. The number of rotatable bonds is 10. The number of amides is 2. The van der Waals surface area contributed by atoms with Crippen LogP contribution in [-0.4, -0.2) is 72.0 Å². The minimum atomic E-state index is -0.624. The molecule has 1 heterocycles. The van der Waals surface area contributed by atoms with Gasteiger partial charge in [0.2, 0.25) is 11.8 Å². The molecule has 7 heteroatoms. The molecular weight excluding hydrogens is 406 g/mol. The minimum Gasteiger partial charge on any atom is -0.463 e. The fourth-order valence-corrected chi connectivity index (χ4v) is 4.30. The first-order valence-corrected chi connectivity index (χ1v) is 12.1. The minimum absolute atomic E-state index is 0.0621. The van der Waals surface area contributed by atoms with Gasteiger partial charge < -0.3 is 15.0 Å². The zero-order valence-electron chi connectivity index (χ0n) is 21.6. The largest absolute Gasteiger partial charge is 0.463 e. The first kappa shape index (κ1) is 28.1. The maximum absolute atomic E-state index is 13.5. The molecule has 7 nitrogen and oxygen atoms in total. The molecule has 1 aliphatic rings. The van der Waals surface area contributed by atoms with Gasteiger partial charge in [0.25, 0.3) is 0 Å². The van der Waals surface area contributed by atoms with Crippen molar-refractivity contribution in [1.29, 1.82) is 0 Å². The Labute approximate surface area is 194 Å². The van der Waals surface area contributed by atoms with E-state index < -0.39 is 6.04 Å². The molecule has 0 saturated carbocycles. The number of carbonyl (C=O) groups excluding carboxylic acids is 3. The van der Waals surface area contributed by atoms with Gasteiger partial charge >= 0.3 is 5.97 Å². The van der Waals surface area contributed by atoms with Gasteiger partial charge in [0.15, 0.2) is 0 Å². The van der Waals surface area contributed by atoms with Crippen LogP contribution in [0.25, 0.3) is 0 Å². The van der Waals surface area contributed by atoms with Gasteiger partial charge in [-0.1, -0.05) is 40.2 Å². The SMILES string of the molecule is CCOC(=O)/C(C)=C/[C@H](C(C)C)N(C)C(=O)[C@@H](NC(=O)[C@H]1CCCCN1C(C)C)C(C)C. The highest BCUT2D eigenvalue weighted by Crippen LogP contribution is 2.21. The predicted molar refractivity (Wildman–Crippen MR) is 128 cm³/mol. The third-order valence-corrected chi connectivity index (χ3v) is 6.24. The van der Waals surface area contributed by atoms with Crippen molar-refractivity contribution < 1.29 is 19.1 Å². The topological polar surface area (TPSA) is 79.0 Å². The molecule has 0 aromatic carbocycles. The smallest absolute Gasteiger partial charge is 0.333 e. The summed E-state index contributed by atoms with van der Waals surface area (Å²) in [6.45, 7) is 16.8. The van der Waals surface area contributed by atoms with Crippen molar-refractivity contribution in [2.24, 2.45) is 11.8 Å². The van der Waals surface area contributed by atoms with Gasteiger partial charge in [-0.15, -0.1) is 0 Å². The second kappa shape index (κ2) is 13.0. The molecule has 1 rings (SSSR count). The first-order valence-electron chi connectivity index (χ1n) is 12.1. The van der Waals surface area contributed by atoms with Crippen LogP contribution in [0.15, 0.2) is 11.6 Å². The Hall–Kier alpha value is -1.89. The lowest BCUT2D eigenvalue weighted by Gasteiger charge is -2.39. The zero-order valence-corrected chi connectivity index (χ0v) is 21.6. The number of carbonyl (C=O) groups is 3. The number of hydrogen-bond donors (Lipinski definition) is 1. The Bertz CT molecular complexity index is 672. The second-order valence-corrected chi connectivity index (χ2v) is 9.83. The van der Waals surface area contributed by atoms with Crippen LogP contribution in [-0.2, 0) is 19.1 Å². The fraction of sp³-hybridized carbons (Fsp3) is 0.800. The van der Waals surface area contributed by atoms with E-state index in [0.29, 0.717) is 12.2 Å². The Balaban J connectivity index is 3.05. The fourth-order valence-electron chi connectivity index (χ4n) is 4.30. The summed E-state index contributed by atoms with van der Waals surface area (Å²) in [5, 5.41) is 3.06. The van der Waals surface area contributed by atoms with Gasteiger partial charge in [0.05, 0.1) is 18.7 Å². The molecule has 1 fully saturated rings. The number of hydrogen-bond acceptors (Lipinski definition) is 5. The Morgan fingerprint density at radius 3 is 2.22 bits per heavy atom. The van der Waals surface area contributed by atoms with E-state index in [-0.39, 0.29) is 47.7 Å². The van der Waals surface area contributed by atoms with Crippen molar-refractivity contribution in [2.75, 3.05) is 20.2 Å². The number of likely N-dealkylation sites (N-methyl/N-ethyl adjacent to an activating group) is 1. The summed E-state index contributed by atoms with van der Waals surface area (Å²) in [7, 11) is 1.74. The Morgan fingerprint density at radius 1 is 1.09 bits per heavy atom. The van der Waals surface area contributed by atoms with Crippen LogP contribution in [0.2, 0.25) is 0 Å². The van der Waals surface area contributed by atoms with Crippen LogP contribution < -0.4 is 5.32 Å². The van der Waals surface area contributed by atoms with Crippen molar-refractivity contribution in [1.82, 2.24) is 15.1 Å². The number of ether oxygens (including phenoxy) is 1. The highest BCUT2D eigenvalue weighted by Gasteiger charge is 2.36. The van der Waals surface area contributed by atoms with Crippen molar-refractivity contribution in [3.05, 3.63) is 11.6 Å². The van der Waals surface area contributed by atoms with Crippen LogP contribution >= 0.6 is 0 Å². The quantitative estimate of drug-likeness (QED) is 0.407. The lowest BCUT2D eigenvalue weighted by molar-refractivity contribution is -0.140. The van der Waals surface area contributed by atoms with Gasteiger partial charge in [-0.2, -0.15) is 0 Å². The molecule has 184 valence electrons. The van der Waals surface area contributed by atoms with Crippen LogP contribution in [0.3, 0.4) is 0 Å².